The minimum absolute atomic E-state index is 0.0336. The van der Waals surface area contributed by atoms with Gasteiger partial charge in [-0.25, -0.2) is 4.57 Å². The van der Waals surface area contributed by atoms with Crippen LogP contribution in [0.1, 0.15) is 123 Å². The molecule has 6 atom stereocenters. The van der Waals surface area contributed by atoms with Crippen LogP contribution in [0.2, 0.25) is 0 Å². The number of hydrogen-bond donors (Lipinski definition) is 6. The summed E-state index contributed by atoms with van der Waals surface area (Å²) in [6.45, 7) is 2.18. The fraction of sp³-hybridized carbons (Fsp3) is 0.587. The van der Waals surface area contributed by atoms with Gasteiger partial charge in [-0.3, -0.25) is 23.4 Å². The van der Waals surface area contributed by atoms with Crippen molar-refractivity contribution in [3.63, 3.8) is 0 Å². The summed E-state index contributed by atoms with van der Waals surface area (Å²) < 4.78 is 32.4. The number of carboxylic acid groups (broad SMARTS) is 1. The van der Waals surface area contributed by atoms with E-state index in [9.17, 15) is 39.2 Å². The highest BCUT2D eigenvalue weighted by atomic mass is 31.2. The molecule has 0 saturated heterocycles. The topological polar surface area (TPSA) is 232 Å². The van der Waals surface area contributed by atoms with Crippen LogP contribution in [0.5, 0.6) is 0 Å². The van der Waals surface area contributed by atoms with Crippen LogP contribution in [-0.4, -0.2) is 93.5 Å². The standard InChI is InChI=1S/C46H74NO13P/c1-3-5-7-8-9-10-11-12-13-14-15-16-17-18-19-24-28-34-44(51)57-36-40(37-58-61(55,56)59-38-41(47)46(53)54)60-45(52)35-29-33-43(50)42(49)32-27-23-21-20-22-26-31-39(48)30-25-6-4-2/h6,12-13,15-16,18-23,25-27,31-32,39-43,48-50H,3-5,7-11,14,17,24,28-30,33-38,47H2,1-2H3,(H,53,54)(H,55,56)/b13-12-,16-15-,19-18-,22-20+,23-21-,25-6-,31-26+,32-27-/t39-,40+,41-,42+,43+/m0/s1. The molecule has 61 heavy (non-hydrogen) atoms. The van der Waals surface area contributed by atoms with E-state index in [4.69, 9.17) is 24.8 Å². The number of carboxylic acids is 1. The number of nitrogens with two attached hydrogens (primary N) is 1. The molecule has 1 unspecified atom stereocenters. The first-order chi connectivity index (χ1) is 29.3. The molecular formula is C46H74NO13P. The lowest BCUT2D eigenvalue weighted by atomic mass is 10.1. The van der Waals surface area contributed by atoms with Crippen molar-refractivity contribution in [3.05, 3.63) is 97.2 Å². The lowest BCUT2D eigenvalue weighted by molar-refractivity contribution is -0.161. The van der Waals surface area contributed by atoms with Gasteiger partial charge in [0.05, 0.1) is 31.5 Å². The number of carbonyl (C=O) groups is 3. The Bertz CT molecular complexity index is 1450. The van der Waals surface area contributed by atoms with E-state index in [0.29, 0.717) is 19.3 Å². The Balaban J connectivity index is 4.81. The number of allylic oxidation sites excluding steroid dienone is 13. The number of esters is 2. The maximum absolute atomic E-state index is 12.7. The summed E-state index contributed by atoms with van der Waals surface area (Å²) in [6, 6.07) is -1.59. The van der Waals surface area contributed by atoms with Gasteiger partial charge in [0.25, 0.3) is 0 Å². The van der Waals surface area contributed by atoms with Gasteiger partial charge in [-0.1, -0.05) is 143 Å². The Labute approximate surface area is 363 Å². The maximum atomic E-state index is 12.7. The Hall–Kier alpha value is -3.72. The van der Waals surface area contributed by atoms with E-state index in [1.54, 1.807) is 42.5 Å². The molecule has 7 N–H and O–H groups in total. The molecule has 0 spiro atoms. The number of ether oxygens (including phenoxy) is 2. The van der Waals surface area contributed by atoms with Crippen molar-refractivity contribution < 1.29 is 62.8 Å². The third kappa shape index (κ3) is 37.7. The second kappa shape index (κ2) is 39.1. The van der Waals surface area contributed by atoms with Gasteiger partial charge in [-0.15, -0.1) is 0 Å². The summed E-state index contributed by atoms with van der Waals surface area (Å²) in [5.41, 5.74) is 5.30. The normalized spacial score (nSPS) is 16.2. The van der Waals surface area contributed by atoms with E-state index < -0.39 is 76.0 Å². The number of hydrogen-bond acceptors (Lipinski definition) is 12. The van der Waals surface area contributed by atoms with Gasteiger partial charge < -0.3 is 40.5 Å². The number of phosphoric acid groups is 1. The minimum Gasteiger partial charge on any atom is -0.480 e. The average Bonchev–Trinajstić information content (AvgIpc) is 3.22. The average molecular weight is 880 g/mol. The van der Waals surface area contributed by atoms with Gasteiger partial charge in [0.2, 0.25) is 0 Å². The van der Waals surface area contributed by atoms with E-state index >= 15 is 0 Å². The zero-order valence-corrected chi connectivity index (χ0v) is 37.2. The first kappa shape index (κ1) is 57.3. The van der Waals surface area contributed by atoms with Gasteiger partial charge in [0.15, 0.2) is 6.10 Å². The molecule has 0 aliphatic rings. The van der Waals surface area contributed by atoms with E-state index in [2.05, 4.69) is 35.8 Å². The van der Waals surface area contributed by atoms with E-state index in [1.807, 2.05) is 31.2 Å². The summed E-state index contributed by atoms with van der Waals surface area (Å²) in [6.07, 6.45) is 38.6. The predicted octanol–water partition coefficient (Wildman–Crippen LogP) is 8.19. The van der Waals surface area contributed by atoms with Crippen molar-refractivity contribution in [3.8, 4) is 0 Å². The Kier molecular flexibility index (Phi) is 36.8. The number of aliphatic hydroxyl groups is 3. The van der Waals surface area contributed by atoms with E-state index in [0.717, 1.165) is 25.7 Å². The molecule has 15 heteroatoms. The molecule has 0 amide bonds. The van der Waals surface area contributed by atoms with E-state index in [-0.39, 0.29) is 25.7 Å². The minimum atomic E-state index is -4.83. The van der Waals surface area contributed by atoms with Crippen LogP contribution < -0.4 is 5.73 Å². The highest BCUT2D eigenvalue weighted by Gasteiger charge is 2.28. The first-order valence-electron chi connectivity index (χ1n) is 21.6. The van der Waals surface area contributed by atoms with Crippen LogP contribution in [0.3, 0.4) is 0 Å². The highest BCUT2D eigenvalue weighted by Crippen LogP contribution is 2.43. The number of aliphatic carboxylic acids is 1. The van der Waals surface area contributed by atoms with Crippen LogP contribution in [0.4, 0.5) is 0 Å². The molecule has 0 aromatic rings. The van der Waals surface area contributed by atoms with Crippen LogP contribution in [-0.2, 0) is 37.5 Å². The summed E-state index contributed by atoms with van der Waals surface area (Å²) in [5, 5.41) is 39.3. The van der Waals surface area contributed by atoms with Crippen LogP contribution in [0, 0.1) is 0 Å². The lowest BCUT2D eigenvalue weighted by Gasteiger charge is -2.20. The quantitative estimate of drug-likeness (QED) is 0.0113. The Morgan fingerprint density at radius 2 is 1.23 bits per heavy atom. The maximum Gasteiger partial charge on any atom is 0.472 e. The molecule has 14 nitrogen and oxygen atoms in total. The molecule has 346 valence electrons. The van der Waals surface area contributed by atoms with E-state index in [1.165, 1.54) is 44.6 Å². The fourth-order valence-electron chi connectivity index (χ4n) is 5.13. The van der Waals surface area contributed by atoms with Crippen molar-refractivity contribution >= 4 is 25.7 Å². The molecule has 0 radical (unpaired) electrons. The second-order valence-corrected chi connectivity index (χ2v) is 15.8. The molecule has 0 aliphatic heterocycles. The first-order valence-corrected chi connectivity index (χ1v) is 23.1. The lowest BCUT2D eigenvalue weighted by Crippen LogP contribution is -2.34. The number of aliphatic hydroxyl groups excluding tert-OH is 3. The third-order valence-electron chi connectivity index (χ3n) is 8.66. The molecule has 0 aromatic heterocycles. The number of unbranched alkanes of at least 4 members (excludes halogenated alkanes) is 7. The summed E-state index contributed by atoms with van der Waals surface area (Å²) in [4.78, 5) is 46.0. The highest BCUT2D eigenvalue weighted by molar-refractivity contribution is 7.47. The molecule has 0 heterocycles. The molecule has 0 rings (SSSR count). The second-order valence-electron chi connectivity index (χ2n) is 14.3. The summed E-state index contributed by atoms with van der Waals surface area (Å²) >= 11 is 0. The SMILES string of the molecule is CC/C=C\C[C@H](O)/C=C/C=C/C=C\C=C/[C@@H](O)[C@H](O)CCCC(=O)O[C@H](COC(=O)CCC/C=C\C/C=C\C/C=C\CCCCCCCC)COP(=O)(O)OC[C@H](N)C(=O)O. The Morgan fingerprint density at radius 1 is 0.656 bits per heavy atom. The largest absolute Gasteiger partial charge is 0.480 e. The van der Waals surface area contributed by atoms with Crippen molar-refractivity contribution in [2.75, 3.05) is 19.8 Å². The number of rotatable bonds is 38. The van der Waals surface area contributed by atoms with Crippen LogP contribution in [0.25, 0.3) is 0 Å². The third-order valence-corrected chi connectivity index (χ3v) is 9.61. The molecule has 0 saturated carbocycles. The smallest absolute Gasteiger partial charge is 0.472 e. The van der Waals surface area contributed by atoms with Gasteiger partial charge in [-0.2, -0.15) is 0 Å². The van der Waals surface area contributed by atoms with Gasteiger partial charge in [-0.05, 0) is 64.2 Å². The molecular weight excluding hydrogens is 805 g/mol. The van der Waals surface area contributed by atoms with Gasteiger partial charge in [0.1, 0.15) is 12.6 Å². The predicted molar refractivity (Wildman–Crippen MR) is 239 cm³/mol. The zero-order valence-electron chi connectivity index (χ0n) is 36.3. The molecule has 0 fully saturated rings. The van der Waals surface area contributed by atoms with Crippen molar-refractivity contribution in [2.24, 2.45) is 5.73 Å². The number of phosphoric ester groups is 1. The zero-order chi connectivity index (χ0) is 45.4. The van der Waals surface area contributed by atoms with Gasteiger partial charge in [0, 0.05) is 12.8 Å². The van der Waals surface area contributed by atoms with Crippen molar-refractivity contribution in [1.82, 2.24) is 0 Å². The fourth-order valence-corrected chi connectivity index (χ4v) is 5.90. The summed E-state index contributed by atoms with van der Waals surface area (Å²) in [7, 11) is -4.83. The Morgan fingerprint density at radius 3 is 1.89 bits per heavy atom. The summed E-state index contributed by atoms with van der Waals surface area (Å²) in [5.74, 6) is -2.84. The van der Waals surface area contributed by atoms with Crippen molar-refractivity contribution in [1.29, 1.82) is 0 Å². The molecule has 0 aromatic carbocycles. The number of carbonyl (C=O) groups excluding carboxylic acids is 2. The molecule has 0 bridgehead atoms. The molecule has 0 aliphatic carbocycles. The van der Waals surface area contributed by atoms with Crippen LogP contribution >= 0.6 is 7.82 Å². The van der Waals surface area contributed by atoms with Crippen LogP contribution in [0.15, 0.2) is 97.2 Å². The monoisotopic (exact) mass is 879 g/mol. The van der Waals surface area contributed by atoms with Crippen molar-refractivity contribution in [2.45, 2.75) is 153 Å². The van der Waals surface area contributed by atoms with Gasteiger partial charge >= 0.3 is 25.7 Å².